The number of aryl methyl sites for hydroxylation is 1. The molecule has 0 aliphatic carbocycles. The van der Waals surface area contributed by atoms with Crippen molar-refractivity contribution in [1.82, 2.24) is 9.55 Å². The standard InChI is InChI=1S/C17H16N2OS/c1-11-5-4-7-14-16(11)18-17(21)19(14)13-9-10-20-15-8-3-2-6-12(13)15/h2-8,13H,9-10H2,1H3,(H,18,21). The summed E-state index contributed by atoms with van der Waals surface area (Å²) in [6.45, 7) is 2.83. The van der Waals surface area contributed by atoms with E-state index in [1.54, 1.807) is 0 Å². The highest BCUT2D eigenvalue weighted by Crippen LogP contribution is 2.36. The molecule has 21 heavy (non-hydrogen) atoms. The van der Waals surface area contributed by atoms with E-state index in [1.165, 1.54) is 16.6 Å². The first-order chi connectivity index (χ1) is 10.3. The highest BCUT2D eigenvalue weighted by molar-refractivity contribution is 7.71. The number of hydrogen-bond acceptors (Lipinski definition) is 2. The number of aromatic amines is 1. The topological polar surface area (TPSA) is 29.9 Å². The number of aromatic nitrogens is 2. The van der Waals surface area contributed by atoms with E-state index in [4.69, 9.17) is 17.0 Å². The van der Waals surface area contributed by atoms with Crippen LogP contribution in [0.1, 0.15) is 23.6 Å². The van der Waals surface area contributed by atoms with E-state index in [1.807, 2.05) is 12.1 Å². The molecule has 0 bridgehead atoms. The van der Waals surface area contributed by atoms with Crippen LogP contribution in [0.4, 0.5) is 0 Å². The smallest absolute Gasteiger partial charge is 0.178 e. The molecule has 4 heteroatoms. The van der Waals surface area contributed by atoms with Gasteiger partial charge in [-0.1, -0.05) is 30.3 Å². The van der Waals surface area contributed by atoms with Crippen LogP contribution in [0.15, 0.2) is 42.5 Å². The molecule has 1 aliphatic rings. The maximum Gasteiger partial charge on any atom is 0.178 e. The van der Waals surface area contributed by atoms with Crippen molar-refractivity contribution in [2.24, 2.45) is 0 Å². The molecule has 106 valence electrons. The summed E-state index contributed by atoms with van der Waals surface area (Å²) in [5, 5.41) is 0. The summed E-state index contributed by atoms with van der Waals surface area (Å²) in [5.74, 6) is 0.970. The number of fused-ring (bicyclic) bond motifs is 2. The normalized spacial score (nSPS) is 17.5. The van der Waals surface area contributed by atoms with Crippen molar-refractivity contribution in [3.8, 4) is 5.75 Å². The van der Waals surface area contributed by atoms with E-state index in [9.17, 15) is 0 Å². The van der Waals surface area contributed by atoms with Gasteiger partial charge < -0.3 is 14.3 Å². The predicted molar refractivity (Wildman–Crippen MR) is 86.6 cm³/mol. The predicted octanol–water partition coefficient (Wildman–Crippen LogP) is 4.38. The number of benzene rings is 2. The van der Waals surface area contributed by atoms with Gasteiger partial charge in [-0.15, -0.1) is 0 Å². The fourth-order valence-electron chi connectivity index (χ4n) is 3.19. The molecule has 3 nitrogen and oxygen atoms in total. The van der Waals surface area contributed by atoms with Gasteiger partial charge in [-0.2, -0.15) is 0 Å². The Morgan fingerprint density at radius 2 is 2.05 bits per heavy atom. The van der Waals surface area contributed by atoms with Crippen molar-refractivity contribution >= 4 is 23.3 Å². The SMILES string of the molecule is Cc1cccc2c1[nH]c(=S)n2C1CCOc2ccccc21. The van der Waals surface area contributed by atoms with Gasteiger partial charge >= 0.3 is 0 Å². The number of nitrogens with zero attached hydrogens (tertiary/aromatic N) is 1. The highest BCUT2D eigenvalue weighted by Gasteiger charge is 2.24. The van der Waals surface area contributed by atoms with Gasteiger partial charge in [-0.05, 0) is 36.8 Å². The van der Waals surface area contributed by atoms with Crippen molar-refractivity contribution < 1.29 is 4.74 Å². The molecular weight excluding hydrogens is 280 g/mol. The molecule has 2 heterocycles. The van der Waals surface area contributed by atoms with Crippen LogP contribution in [0.25, 0.3) is 11.0 Å². The van der Waals surface area contributed by atoms with Crippen molar-refractivity contribution in [2.45, 2.75) is 19.4 Å². The molecule has 0 fully saturated rings. The van der Waals surface area contributed by atoms with Crippen LogP contribution in [0.2, 0.25) is 0 Å². The minimum Gasteiger partial charge on any atom is -0.493 e. The van der Waals surface area contributed by atoms with E-state index in [-0.39, 0.29) is 6.04 Å². The summed E-state index contributed by atoms with van der Waals surface area (Å²) in [6, 6.07) is 14.8. The lowest BCUT2D eigenvalue weighted by Gasteiger charge is -2.27. The largest absolute Gasteiger partial charge is 0.493 e. The summed E-state index contributed by atoms with van der Waals surface area (Å²) < 4.78 is 8.78. The van der Waals surface area contributed by atoms with Crippen LogP contribution in [-0.4, -0.2) is 16.2 Å². The van der Waals surface area contributed by atoms with E-state index in [2.05, 4.69) is 46.8 Å². The van der Waals surface area contributed by atoms with Gasteiger partial charge in [0.25, 0.3) is 0 Å². The molecule has 4 rings (SSSR count). The first-order valence-electron chi connectivity index (χ1n) is 7.17. The van der Waals surface area contributed by atoms with Crippen molar-refractivity contribution in [1.29, 1.82) is 0 Å². The summed E-state index contributed by atoms with van der Waals surface area (Å²) in [7, 11) is 0. The zero-order chi connectivity index (χ0) is 14.4. The van der Waals surface area contributed by atoms with E-state index < -0.39 is 0 Å². The third kappa shape index (κ3) is 1.90. The van der Waals surface area contributed by atoms with Crippen molar-refractivity contribution in [3.05, 3.63) is 58.4 Å². The quantitative estimate of drug-likeness (QED) is 0.675. The van der Waals surface area contributed by atoms with Crippen LogP contribution >= 0.6 is 12.2 Å². The van der Waals surface area contributed by atoms with E-state index in [0.29, 0.717) is 0 Å². The maximum absolute atomic E-state index is 5.77. The monoisotopic (exact) mass is 296 g/mol. The van der Waals surface area contributed by atoms with Crippen molar-refractivity contribution in [2.75, 3.05) is 6.61 Å². The molecule has 1 aromatic heterocycles. The average molecular weight is 296 g/mol. The second-order valence-corrected chi connectivity index (χ2v) is 5.85. The number of imidazole rings is 1. The second kappa shape index (κ2) is 4.74. The summed E-state index contributed by atoms with van der Waals surface area (Å²) in [5.41, 5.74) is 4.73. The second-order valence-electron chi connectivity index (χ2n) is 5.46. The summed E-state index contributed by atoms with van der Waals surface area (Å²) >= 11 is 5.59. The third-order valence-corrected chi connectivity index (χ3v) is 4.50. The number of nitrogens with one attached hydrogen (secondary N) is 1. The molecular formula is C17H16N2OS. The summed E-state index contributed by atoms with van der Waals surface area (Å²) in [4.78, 5) is 3.36. The zero-order valence-corrected chi connectivity index (χ0v) is 12.6. The molecule has 0 saturated carbocycles. The minimum absolute atomic E-state index is 0.234. The van der Waals surface area contributed by atoms with Crippen LogP contribution < -0.4 is 4.74 Å². The Balaban J connectivity index is 1.98. The number of ether oxygens (including phenoxy) is 1. The Morgan fingerprint density at radius 1 is 1.19 bits per heavy atom. The minimum atomic E-state index is 0.234. The van der Waals surface area contributed by atoms with Gasteiger partial charge in [-0.3, -0.25) is 0 Å². The lowest BCUT2D eigenvalue weighted by molar-refractivity contribution is 0.257. The molecule has 1 N–H and O–H groups in total. The Kier molecular flexibility index (Phi) is 2.86. The molecule has 0 saturated heterocycles. The lowest BCUT2D eigenvalue weighted by Crippen LogP contribution is -2.20. The van der Waals surface area contributed by atoms with Gasteiger partial charge in [0.2, 0.25) is 0 Å². The maximum atomic E-state index is 5.77. The molecule has 2 aromatic carbocycles. The lowest BCUT2D eigenvalue weighted by atomic mass is 10.00. The molecule has 1 atom stereocenters. The molecule has 1 aliphatic heterocycles. The molecule has 0 amide bonds. The third-order valence-electron chi connectivity index (χ3n) is 4.20. The van der Waals surface area contributed by atoms with Crippen LogP contribution in [-0.2, 0) is 0 Å². The average Bonchev–Trinajstić information content (AvgIpc) is 2.84. The van der Waals surface area contributed by atoms with Crippen LogP contribution in [0, 0.1) is 11.7 Å². The first kappa shape index (κ1) is 12.7. The Labute approximate surface area is 128 Å². The van der Waals surface area contributed by atoms with E-state index in [0.717, 1.165) is 29.1 Å². The molecule has 0 spiro atoms. The molecule has 0 radical (unpaired) electrons. The van der Waals surface area contributed by atoms with Crippen molar-refractivity contribution in [3.63, 3.8) is 0 Å². The van der Waals surface area contributed by atoms with Crippen LogP contribution in [0.5, 0.6) is 5.75 Å². The van der Waals surface area contributed by atoms with Gasteiger partial charge in [-0.25, -0.2) is 0 Å². The Hall–Kier alpha value is -2.07. The highest BCUT2D eigenvalue weighted by atomic mass is 32.1. The Morgan fingerprint density at radius 3 is 2.95 bits per heavy atom. The zero-order valence-electron chi connectivity index (χ0n) is 11.8. The number of para-hydroxylation sites is 2. The fraction of sp³-hybridized carbons (Fsp3) is 0.235. The van der Waals surface area contributed by atoms with Gasteiger partial charge in [0.1, 0.15) is 5.75 Å². The van der Waals surface area contributed by atoms with E-state index >= 15 is 0 Å². The molecule has 1 unspecified atom stereocenters. The summed E-state index contributed by atoms with van der Waals surface area (Å²) in [6.07, 6.45) is 0.937. The van der Waals surface area contributed by atoms with Gasteiger partial charge in [0.05, 0.1) is 23.7 Å². The molecule has 3 aromatic rings. The number of hydrogen-bond donors (Lipinski definition) is 1. The van der Waals surface area contributed by atoms with Crippen LogP contribution in [0.3, 0.4) is 0 Å². The first-order valence-corrected chi connectivity index (χ1v) is 7.58. The van der Waals surface area contributed by atoms with Gasteiger partial charge in [0, 0.05) is 12.0 Å². The Bertz CT molecular complexity index is 878. The fourth-order valence-corrected chi connectivity index (χ4v) is 3.52. The number of rotatable bonds is 1. The number of H-pyrrole nitrogens is 1. The van der Waals surface area contributed by atoms with Gasteiger partial charge in [0.15, 0.2) is 4.77 Å².